The molecule has 0 saturated heterocycles. The Morgan fingerprint density at radius 2 is 1.87 bits per heavy atom. The number of thiazole rings is 1. The molecule has 0 radical (unpaired) electrons. The van der Waals surface area contributed by atoms with Gasteiger partial charge in [-0.3, -0.25) is 9.36 Å². The molecule has 5 aromatic rings. The van der Waals surface area contributed by atoms with Crippen molar-refractivity contribution in [1.29, 1.82) is 0 Å². The highest BCUT2D eigenvalue weighted by atomic mass is 35.5. The number of carbonyl (C=O) groups is 1. The Morgan fingerprint density at radius 1 is 1.07 bits per heavy atom. The minimum atomic E-state index is -0.846. The number of halogens is 2. The van der Waals surface area contributed by atoms with Crippen molar-refractivity contribution in [3.8, 4) is 11.5 Å². The molecule has 0 fully saturated rings. The van der Waals surface area contributed by atoms with Crippen LogP contribution in [0.5, 0.6) is 11.5 Å². The number of fused-ring (bicyclic) bond motifs is 2. The molecule has 0 aliphatic carbocycles. The number of nitrogens with zero attached hydrogens (tertiary/aromatic N) is 3. The highest BCUT2D eigenvalue weighted by Gasteiger charge is 2.35. The summed E-state index contributed by atoms with van der Waals surface area (Å²) in [7, 11) is 3.10. The molecule has 11 heteroatoms. The summed E-state index contributed by atoms with van der Waals surface area (Å²) in [5.41, 5.74) is 3.78. The molecule has 6 rings (SSSR count). The normalized spacial score (nSPS) is 14.8. The Labute approximate surface area is 273 Å². The number of rotatable bonds is 8. The zero-order valence-corrected chi connectivity index (χ0v) is 27.3. The first-order valence-corrected chi connectivity index (χ1v) is 15.7. The van der Waals surface area contributed by atoms with Crippen molar-refractivity contribution in [3.63, 3.8) is 0 Å². The third-order valence-corrected chi connectivity index (χ3v) is 9.28. The van der Waals surface area contributed by atoms with Crippen molar-refractivity contribution in [2.75, 3.05) is 20.8 Å². The average Bonchev–Trinajstić information content (AvgIpc) is 3.53. The van der Waals surface area contributed by atoms with Gasteiger partial charge in [-0.25, -0.2) is 9.79 Å². The van der Waals surface area contributed by atoms with Crippen molar-refractivity contribution >= 4 is 57.5 Å². The number of hydrogen-bond donors (Lipinski definition) is 0. The van der Waals surface area contributed by atoms with E-state index in [0.717, 1.165) is 22.0 Å². The monoisotopic (exact) mass is 661 g/mol. The van der Waals surface area contributed by atoms with Gasteiger partial charge in [0.2, 0.25) is 0 Å². The van der Waals surface area contributed by atoms with E-state index in [2.05, 4.69) is 4.57 Å². The Bertz CT molecular complexity index is 2180. The summed E-state index contributed by atoms with van der Waals surface area (Å²) in [6.07, 6.45) is 3.88. The molecule has 8 nitrogen and oxygen atoms in total. The molecule has 3 aromatic carbocycles. The zero-order valence-electron chi connectivity index (χ0n) is 25.0. The molecule has 0 spiro atoms. The molecule has 2 aromatic heterocycles. The molecular weight excluding hydrogens is 633 g/mol. The van der Waals surface area contributed by atoms with Crippen molar-refractivity contribution in [2.45, 2.75) is 26.4 Å². The van der Waals surface area contributed by atoms with Gasteiger partial charge in [0.05, 0.1) is 36.6 Å². The molecule has 0 N–H and O–H groups in total. The van der Waals surface area contributed by atoms with Crippen LogP contribution >= 0.6 is 34.5 Å². The number of aromatic nitrogens is 2. The van der Waals surface area contributed by atoms with E-state index in [0.29, 0.717) is 48.7 Å². The lowest BCUT2D eigenvalue weighted by Gasteiger charge is -2.26. The van der Waals surface area contributed by atoms with E-state index in [1.165, 1.54) is 11.3 Å². The summed E-state index contributed by atoms with van der Waals surface area (Å²) in [5, 5.41) is 2.13. The predicted octanol–water partition coefficient (Wildman–Crippen LogP) is 6.13. The fourth-order valence-electron chi connectivity index (χ4n) is 5.63. The topological polar surface area (TPSA) is 84.1 Å². The van der Waals surface area contributed by atoms with Crippen LogP contribution in [0.1, 0.15) is 36.6 Å². The quantitative estimate of drug-likeness (QED) is 0.187. The first kappa shape index (κ1) is 30.7. The Balaban J connectivity index is 1.54. The van der Waals surface area contributed by atoms with Gasteiger partial charge < -0.3 is 18.8 Å². The van der Waals surface area contributed by atoms with Crippen LogP contribution in [0, 0.1) is 0 Å². The molecular formula is C34H29Cl2N3O5S. The summed E-state index contributed by atoms with van der Waals surface area (Å²) in [5.74, 6) is 0.502. The van der Waals surface area contributed by atoms with Crippen LogP contribution in [0.3, 0.4) is 0 Å². The Kier molecular flexibility index (Phi) is 8.59. The SMILES string of the molecule is CCOC(=O)C1=C(C)N=c2s/c(=C/c3cn(Cc4ccc(Cl)cc4Cl)c4ccccc34)c(=O)n2C1c1cc(OC)ccc1OC. The second-order valence-corrected chi connectivity index (χ2v) is 12.2. The zero-order chi connectivity index (χ0) is 31.8. The van der Waals surface area contributed by atoms with Crippen molar-refractivity contribution in [1.82, 2.24) is 9.13 Å². The van der Waals surface area contributed by atoms with Gasteiger partial charge in [-0.2, -0.15) is 0 Å². The van der Waals surface area contributed by atoms with Gasteiger partial charge in [0.25, 0.3) is 5.56 Å². The van der Waals surface area contributed by atoms with Gasteiger partial charge in [-0.1, -0.05) is 58.8 Å². The van der Waals surface area contributed by atoms with E-state index in [9.17, 15) is 9.59 Å². The number of para-hydroxylation sites is 1. The maximum absolute atomic E-state index is 14.3. The number of methoxy groups -OCH3 is 2. The van der Waals surface area contributed by atoms with Crippen LogP contribution in [0.15, 0.2) is 87.9 Å². The summed E-state index contributed by atoms with van der Waals surface area (Å²) < 4.78 is 20.7. The molecule has 230 valence electrons. The van der Waals surface area contributed by atoms with Gasteiger partial charge >= 0.3 is 5.97 Å². The highest BCUT2D eigenvalue weighted by Crippen LogP contribution is 2.38. The van der Waals surface area contributed by atoms with Crippen LogP contribution in [0.25, 0.3) is 17.0 Å². The van der Waals surface area contributed by atoms with Crippen molar-refractivity contribution in [3.05, 3.63) is 125 Å². The van der Waals surface area contributed by atoms with Crippen LogP contribution in [0.4, 0.5) is 0 Å². The van der Waals surface area contributed by atoms with Crippen LogP contribution in [-0.2, 0) is 16.1 Å². The largest absolute Gasteiger partial charge is 0.497 e. The molecule has 0 amide bonds. The van der Waals surface area contributed by atoms with Gasteiger partial charge in [-0.15, -0.1) is 0 Å². The second kappa shape index (κ2) is 12.6. The van der Waals surface area contributed by atoms with Crippen LogP contribution < -0.4 is 24.4 Å². The lowest BCUT2D eigenvalue weighted by atomic mass is 9.94. The maximum atomic E-state index is 14.3. The van der Waals surface area contributed by atoms with Crippen LogP contribution in [-0.4, -0.2) is 35.9 Å². The Hall–Kier alpha value is -4.31. The van der Waals surface area contributed by atoms with Crippen molar-refractivity contribution in [2.24, 2.45) is 4.99 Å². The van der Waals surface area contributed by atoms with Crippen molar-refractivity contribution < 1.29 is 19.0 Å². The number of ether oxygens (including phenoxy) is 3. The van der Waals surface area contributed by atoms with Gasteiger partial charge in [0, 0.05) is 44.8 Å². The fourth-order valence-corrected chi connectivity index (χ4v) is 7.14. The molecule has 0 saturated carbocycles. The Morgan fingerprint density at radius 3 is 2.60 bits per heavy atom. The van der Waals surface area contributed by atoms with E-state index >= 15 is 0 Å². The van der Waals surface area contributed by atoms with Gasteiger partial charge in [-0.05, 0) is 61.9 Å². The lowest BCUT2D eigenvalue weighted by Crippen LogP contribution is -2.40. The first-order chi connectivity index (χ1) is 21.7. The van der Waals surface area contributed by atoms with E-state index in [4.69, 9.17) is 42.4 Å². The minimum Gasteiger partial charge on any atom is -0.497 e. The number of esters is 1. The first-order valence-electron chi connectivity index (χ1n) is 14.2. The molecule has 0 bridgehead atoms. The fraction of sp³-hybridized carbons (Fsp3) is 0.206. The maximum Gasteiger partial charge on any atom is 0.338 e. The summed E-state index contributed by atoms with van der Waals surface area (Å²) in [4.78, 5) is 32.8. The minimum absolute atomic E-state index is 0.174. The number of allylic oxidation sites excluding steroid dienone is 1. The highest BCUT2D eigenvalue weighted by molar-refractivity contribution is 7.07. The summed E-state index contributed by atoms with van der Waals surface area (Å²) >= 11 is 13.9. The lowest BCUT2D eigenvalue weighted by molar-refractivity contribution is -0.139. The van der Waals surface area contributed by atoms with E-state index in [-0.39, 0.29) is 17.7 Å². The van der Waals surface area contributed by atoms with Crippen LogP contribution in [0.2, 0.25) is 10.0 Å². The third kappa shape index (κ3) is 5.67. The van der Waals surface area contributed by atoms with E-state index < -0.39 is 12.0 Å². The smallest absolute Gasteiger partial charge is 0.338 e. The summed E-state index contributed by atoms with van der Waals surface area (Å²) in [6.45, 7) is 4.18. The molecule has 45 heavy (non-hydrogen) atoms. The van der Waals surface area contributed by atoms with E-state index in [1.807, 2.05) is 48.7 Å². The summed E-state index contributed by atoms with van der Waals surface area (Å²) in [6, 6.07) is 17.9. The number of carbonyl (C=O) groups excluding carboxylic acids is 1. The number of benzene rings is 3. The third-order valence-electron chi connectivity index (χ3n) is 7.71. The molecule has 1 atom stereocenters. The average molecular weight is 663 g/mol. The van der Waals surface area contributed by atoms with Gasteiger partial charge in [0.1, 0.15) is 17.5 Å². The molecule has 1 aliphatic rings. The predicted molar refractivity (Wildman–Crippen MR) is 177 cm³/mol. The molecule has 3 heterocycles. The standard InChI is InChI=1S/C34H29Cl2N3O5S/c1-5-44-33(41)30-19(2)37-34-39(31(30)25-16-23(42-3)12-13-28(25)43-4)32(40)29(45-34)14-21-18-38(27-9-7-6-8-24(21)27)17-20-10-11-22(35)15-26(20)36/h6-16,18,31H,5,17H2,1-4H3/b29-14+. The van der Waals surface area contributed by atoms with E-state index in [1.54, 1.807) is 56.9 Å². The van der Waals surface area contributed by atoms with Gasteiger partial charge in [0.15, 0.2) is 4.80 Å². The molecule has 1 aliphatic heterocycles. The second-order valence-electron chi connectivity index (χ2n) is 10.4. The number of hydrogen-bond acceptors (Lipinski definition) is 7. The molecule has 1 unspecified atom stereocenters.